The fraction of sp³-hybridized carbons (Fsp3) is 0.0968. The van der Waals surface area contributed by atoms with Crippen molar-refractivity contribution in [1.29, 1.82) is 0 Å². The largest absolute Gasteiger partial charge is 0.0843 e. The third kappa shape index (κ3) is 3.13. The minimum absolute atomic E-state index is 0.138. The average Bonchev–Trinajstić information content (AvgIpc) is 3.50. The molecule has 0 aromatic heterocycles. The number of hydrogen-bond acceptors (Lipinski definition) is 0. The van der Waals surface area contributed by atoms with Crippen molar-refractivity contribution in [1.82, 2.24) is 0 Å². The Hall–Kier alpha value is -3.06. The molecule has 0 heterocycles. The van der Waals surface area contributed by atoms with E-state index in [-0.39, 0.29) is 5.92 Å². The molecule has 0 N–H and O–H groups in total. The molecular formula is C31H22Cl2. The Labute approximate surface area is 204 Å². The van der Waals surface area contributed by atoms with E-state index < -0.39 is 5.41 Å². The van der Waals surface area contributed by atoms with E-state index in [1.54, 1.807) is 0 Å². The van der Waals surface area contributed by atoms with Gasteiger partial charge in [-0.1, -0.05) is 120 Å². The van der Waals surface area contributed by atoms with E-state index in [4.69, 9.17) is 23.2 Å². The molecule has 0 fully saturated rings. The molecule has 0 amide bonds. The monoisotopic (exact) mass is 464 g/mol. The minimum Gasteiger partial charge on any atom is -0.0843 e. The van der Waals surface area contributed by atoms with Crippen LogP contribution in [0.25, 0.3) is 11.1 Å². The van der Waals surface area contributed by atoms with Gasteiger partial charge in [-0.2, -0.15) is 0 Å². The molecule has 0 radical (unpaired) electrons. The molecule has 4 aromatic carbocycles. The van der Waals surface area contributed by atoms with E-state index in [9.17, 15) is 0 Å². The first kappa shape index (κ1) is 20.5. The first-order chi connectivity index (χ1) is 16.2. The van der Waals surface area contributed by atoms with Crippen LogP contribution in [0.15, 0.2) is 115 Å². The summed E-state index contributed by atoms with van der Waals surface area (Å²) in [5, 5.41) is 1.57. The minimum atomic E-state index is -0.458. The summed E-state index contributed by atoms with van der Waals surface area (Å²) in [5.41, 5.74) is 8.26. The highest BCUT2D eigenvalue weighted by atomic mass is 35.5. The lowest BCUT2D eigenvalue weighted by Crippen LogP contribution is -2.37. The van der Waals surface area contributed by atoms with Crippen molar-refractivity contribution in [3.05, 3.63) is 153 Å². The Balaban J connectivity index is 1.73. The molecule has 0 atom stereocenters. The molecule has 0 aliphatic heterocycles. The van der Waals surface area contributed by atoms with Crippen LogP contribution in [-0.4, -0.2) is 0 Å². The molecule has 0 unspecified atom stereocenters. The van der Waals surface area contributed by atoms with Gasteiger partial charge in [0.15, 0.2) is 0 Å². The molecule has 2 aliphatic carbocycles. The van der Waals surface area contributed by atoms with E-state index in [0.29, 0.717) is 0 Å². The second-order valence-corrected chi connectivity index (χ2v) is 9.61. The molecule has 2 aliphatic rings. The highest BCUT2D eigenvalue weighted by Gasteiger charge is 2.46. The number of halogens is 2. The van der Waals surface area contributed by atoms with Crippen LogP contribution < -0.4 is 0 Å². The normalized spacial score (nSPS) is 14.5. The van der Waals surface area contributed by atoms with E-state index in [1.807, 2.05) is 6.07 Å². The fourth-order valence-corrected chi connectivity index (χ4v) is 6.29. The predicted molar refractivity (Wildman–Crippen MR) is 139 cm³/mol. The van der Waals surface area contributed by atoms with Gasteiger partial charge in [0.1, 0.15) is 0 Å². The number of allylic oxidation sites excluding steroid dienone is 4. The van der Waals surface area contributed by atoms with Gasteiger partial charge in [0.05, 0.1) is 5.41 Å². The van der Waals surface area contributed by atoms with Crippen molar-refractivity contribution in [3.63, 3.8) is 0 Å². The third-order valence-electron chi connectivity index (χ3n) is 7.09. The lowest BCUT2D eigenvalue weighted by Gasteiger charge is -2.41. The summed E-state index contributed by atoms with van der Waals surface area (Å²) in [6.07, 6.45) is 9.72. The zero-order valence-electron chi connectivity index (χ0n) is 18.0. The van der Waals surface area contributed by atoms with E-state index in [1.165, 1.54) is 38.9 Å². The fourth-order valence-electron chi connectivity index (χ4n) is 5.77. The van der Waals surface area contributed by atoms with Crippen LogP contribution in [-0.2, 0) is 11.8 Å². The maximum atomic E-state index is 7.17. The van der Waals surface area contributed by atoms with Crippen LogP contribution in [0.1, 0.15) is 27.8 Å². The molecule has 160 valence electrons. The number of fused-ring (bicyclic) bond motifs is 3. The number of benzene rings is 4. The van der Waals surface area contributed by atoms with Crippen molar-refractivity contribution >= 4 is 23.2 Å². The molecule has 2 heteroatoms. The summed E-state index contributed by atoms with van der Waals surface area (Å²) >= 11 is 13.5. The van der Waals surface area contributed by atoms with Crippen molar-refractivity contribution < 1.29 is 0 Å². The number of rotatable bonds is 4. The summed E-state index contributed by atoms with van der Waals surface area (Å²) in [7, 11) is 0. The topological polar surface area (TPSA) is 0 Å². The Morgan fingerprint density at radius 1 is 0.667 bits per heavy atom. The number of hydrogen-bond donors (Lipinski definition) is 0. The first-order valence-electron chi connectivity index (χ1n) is 11.3. The first-order valence-corrected chi connectivity index (χ1v) is 12.0. The van der Waals surface area contributed by atoms with E-state index >= 15 is 0 Å². The lowest BCUT2D eigenvalue weighted by atomic mass is 9.60. The standard InChI is InChI=1S/C31H22Cl2/c32-25-15-16-26-21(19-25)20-28-27(26)17-18-29(33)30(28)31(24-13-7-8-14-24,22-9-3-1-4-10-22)23-11-5-2-6-12-23/h1-19,24H,20H2. The quantitative estimate of drug-likeness (QED) is 0.233. The van der Waals surface area contributed by atoms with Crippen LogP contribution in [0.4, 0.5) is 0 Å². The molecule has 0 saturated heterocycles. The smallest absolute Gasteiger partial charge is 0.0566 e. The zero-order chi connectivity index (χ0) is 22.4. The maximum Gasteiger partial charge on any atom is 0.0566 e. The zero-order valence-corrected chi connectivity index (χ0v) is 19.5. The van der Waals surface area contributed by atoms with Gasteiger partial charge in [-0.15, -0.1) is 0 Å². The molecular weight excluding hydrogens is 443 g/mol. The summed E-state index contributed by atoms with van der Waals surface area (Å²) in [6.45, 7) is 0. The SMILES string of the molecule is Clc1ccc2c(c1)Cc1c-2ccc(Cl)c1C(c1ccccc1)(c1ccccc1)C1C=CC=C1. The molecule has 6 rings (SSSR count). The molecule has 0 nitrogen and oxygen atoms in total. The van der Waals surface area contributed by atoms with Crippen molar-refractivity contribution in [2.75, 3.05) is 0 Å². The van der Waals surface area contributed by atoms with Crippen LogP contribution in [0.5, 0.6) is 0 Å². The van der Waals surface area contributed by atoms with Crippen LogP contribution >= 0.6 is 23.2 Å². The average molecular weight is 465 g/mol. The molecule has 0 spiro atoms. The summed E-state index contributed by atoms with van der Waals surface area (Å²) in [6, 6.07) is 32.1. The van der Waals surface area contributed by atoms with Crippen LogP contribution in [0.2, 0.25) is 10.0 Å². The van der Waals surface area contributed by atoms with Gasteiger partial charge in [0.25, 0.3) is 0 Å². The second kappa shape index (κ2) is 8.06. The van der Waals surface area contributed by atoms with Crippen LogP contribution in [0.3, 0.4) is 0 Å². The van der Waals surface area contributed by atoms with Gasteiger partial charge in [0, 0.05) is 16.0 Å². The second-order valence-electron chi connectivity index (χ2n) is 8.76. The Morgan fingerprint density at radius 2 is 1.27 bits per heavy atom. The lowest BCUT2D eigenvalue weighted by molar-refractivity contribution is 0.525. The van der Waals surface area contributed by atoms with Gasteiger partial charge in [0.2, 0.25) is 0 Å². The Morgan fingerprint density at radius 3 is 1.91 bits per heavy atom. The van der Waals surface area contributed by atoms with Crippen LogP contribution in [0, 0.1) is 5.92 Å². The maximum absolute atomic E-state index is 7.17. The van der Waals surface area contributed by atoms with Gasteiger partial charge in [-0.3, -0.25) is 0 Å². The molecule has 4 aromatic rings. The van der Waals surface area contributed by atoms with E-state index in [2.05, 4.69) is 109 Å². The van der Waals surface area contributed by atoms with Gasteiger partial charge < -0.3 is 0 Å². The van der Waals surface area contributed by atoms with Gasteiger partial charge >= 0.3 is 0 Å². The third-order valence-corrected chi connectivity index (χ3v) is 7.64. The van der Waals surface area contributed by atoms with Crippen molar-refractivity contribution in [2.45, 2.75) is 11.8 Å². The predicted octanol–water partition coefficient (Wildman–Crippen LogP) is 8.64. The van der Waals surface area contributed by atoms with E-state index in [0.717, 1.165) is 16.5 Å². The molecule has 0 bridgehead atoms. The molecule has 33 heavy (non-hydrogen) atoms. The highest BCUT2D eigenvalue weighted by molar-refractivity contribution is 6.32. The summed E-state index contributed by atoms with van der Waals surface area (Å²) in [4.78, 5) is 0. The Bertz CT molecular complexity index is 1350. The molecule has 0 saturated carbocycles. The van der Waals surface area contributed by atoms with Gasteiger partial charge in [-0.05, 0) is 63.6 Å². The summed E-state index contributed by atoms with van der Waals surface area (Å²) < 4.78 is 0. The Kier molecular flexibility index (Phi) is 5.02. The highest BCUT2D eigenvalue weighted by Crippen LogP contribution is 2.54. The summed E-state index contributed by atoms with van der Waals surface area (Å²) in [5.74, 6) is 0.138. The van der Waals surface area contributed by atoms with Crippen molar-refractivity contribution in [2.24, 2.45) is 5.92 Å². The van der Waals surface area contributed by atoms with Crippen molar-refractivity contribution in [3.8, 4) is 11.1 Å². The van der Waals surface area contributed by atoms with Gasteiger partial charge in [-0.25, -0.2) is 0 Å².